The van der Waals surface area contributed by atoms with Crippen molar-refractivity contribution in [3.63, 3.8) is 0 Å². The highest BCUT2D eigenvalue weighted by molar-refractivity contribution is 9.10. The van der Waals surface area contributed by atoms with Crippen LogP contribution in [0.25, 0.3) is 10.9 Å². The van der Waals surface area contributed by atoms with Crippen LogP contribution in [0.15, 0.2) is 69.0 Å². The van der Waals surface area contributed by atoms with Crippen LogP contribution in [0.1, 0.15) is 18.3 Å². The molecule has 0 aliphatic carbocycles. The number of hydrogen-bond donors (Lipinski definition) is 1. The fourth-order valence-corrected chi connectivity index (χ4v) is 4.25. The number of nitrogens with zero attached hydrogens (tertiary/aromatic N) is 4. The lowest BCUT2D eigenvalue weighted by Gasteiger charge is -2.10. The summed E-state index contributed by atoms with van der Waals surface area (Å²) in [4.78, 5) is 40.9. The third kappa shape index (κ3) is 6.18. The zero-order valence-electron chi connectivity index (χ0n) is 19.7. The minimum atomic E-state index is -0.686. The van der Waals surface area contributed by atoms with Gasteiger partial charge in [-0.05, 0) is 48.5 Å². The van der Waals surface area contributed by atoms with Crippen molar-refractivity contribution >= 4 is 73.5 Å². The van der Waals surface area contributed by atoms with Crippen molar-refractivity contribution in [1.82, 2.24) is 9.66 Å². The summed E-state index contributed by atoms with van der Waals surface area (Å²) >= 11 is 15.5. The molecule has 0 aliphatic rings. The van der Waals surface area contributed by atoms with Gasteiger partial charge in [0, 0.05) is 33.2 Å². The predicted octanol–water partition coefficient (Wildman–Crippen LogP) is 5.84. The van der Waals surface area contributed by atoms with Gasteiger partial charge in [-0.2, -0.15) is 9.78 Å². The third-order valence-corrected chi connectivity index (χ3v) is 6.26. The van der Waals surface area contributed by atoms with Crippen molar-refractivity contribution in [2.45, 2.75) is 13.3 Å². The number of carbonyl (C=O) groups excluding carboxylic acids is 1. The van der Waals surface area contributed by atoms with E-state index in [4.69, 9.17) is 27.9 Å². The van der Waals surface area contributed by atoms with Crippen LogP contribution < -0.4 is 15.6 Å². The van der Waals surface area contributed by atoms with Crippen LogP contribution >= 0.6 is 39.1 Å². The van der Waals surface area contributed by atoms with Gasteiger partial charge in [-0.3, -0.25) is 19.7 Å². The van der Waals surface area contributed by atoms with Crippen LogP contribution in [0.4, 0.5) is 11.4 Å². The normalized spacial score (nSPS) is 11.2. The van der Waals surface area contributed by atoms with E-state index in [1.165, 1.54) is 18.3 Å². The van der Waals surface area contributed by atoms with Crippen LogP contribution in [0.3, 0.4) is 0 Å². The van der Waals surface area contributed by atoms with Gasteiger partial charge in [0.05, 0.1) is 27.1 Å². The number of aromatic nitrogens is 2. The molecule has 0 atom stereocenters. The van der Waals surface area contributed by atoms with Crippen molar-refractivity contribution in [3.05, 3.63) is 101 Å². The van der Waals surface area contributed by atoms with E-state index in [2.05, 4.69) is 31.3 Å². The van der Waals surface area contributed by atoms with Gasteiger partial charge < -0.3 is 10.1 Å². The van der Waals surface area contributed by atoms with Crippen LogP contribution in [-0.4, -0.2) is 33.3 Å². The minimum Gasteiger partial charge on any atom is -0.476 e. The van der Waals surface area contributed by atoms with Gasteiger partial charge in [0.15, 0.2) is 6.61 Å². The fourth-order valence-electron chi connectivity index (χ4n) is 3.49. The van der Waals surface area contributed by atoms with E-state index in [1.54, 1.807) is 42.5 Å². The van der Waals surface area contributed by atoms with Gasteiger partial charge in [-0.1, -0.05) is 46.1 Å². The van der Waals surface area contributed by atoms with E-state index < -0.39 is 28.7 Å². The molecule has 0 radical (unpaired) electrons. The maximum absolute atomic E-state index is 13.1. The molecule has 194 valence electrons. The number of nitrogens with one attached hydrogen (secondary N) is 1. The van der Waals surface area contributed by atoms with Crippen molar-refractivity contribution < 1.29 is 14.5 Å². The largest absolute Gasteiger partial charge is 0.476 e. The number of amides is 1. The molecule has 0 saturated carbocycles. The Morgan fingerprint density at radius 3 is 2.63 bits per heavy atom. The number of carbonyl (C=O) groups is 1. The van der Waals surface area contributed by atoms with Crippen molar-refractivity contribution in [3.8, 4) is 5.75 Å². The molecule has 0 bridgehead atoms. The lowest BCUT2D eigenvalue weighted by atomic mass is 10.2. The van der Waals surface area contributed by atoms with E-state index in [1.807, 2.05) is 6.92 Å². The first-order valence-electron chi connectivity index (χ1n) is 11.1. The van der Waals surface area contributed by atoms with E-state index in [0.29, 0.717) is 38.3 Å². The quantitative estimate of drug-likeness (QED) is 0.150. The molecule has 1 amide bonds. The zero-order chi connectivity index (χ0) is 27.4. The Kier molecular flexibility index (Phi) is 8.40. The Morgan fingerprint density at radius 2 is 1.95 bits per heavy atom. The number of nitro groups is 1. The molecule has 1 heterocycles. The number of aryl methyl sites for hydroxylation is 1. The SMILES string of the molecule is CCc1nc2ccc(Br)cc2c(=O)n1N=Cc1cc(Cl)c(OCC(=O)Nc2ccc(Cl)cc2)c([N+](=O)[O-])c1. The first-order chi connectivity index (χ1) is 18.2. The molecule has 1 N–H and O–H groups in total. The third-order valence-electron chi connectivity index (χ3n) is 5.23. The number of ether oxygens (including phenoxy) is 1. The Balaban J connectivity index is 1.60. The maximum Gasteiger partial charge on any atom is 0.313 e. The summed E-state index contributed by atoms with van der Waals surface area (Å²) < 4.78 is 7.24. The lowest BCUT2D eigenvalue weighted by Crippen LogP contribution is -2.22. The average molecular weight is 619 g/mol. The second-order valence-electron chi connectivity index (χ2n) is 7.86. The number of anilines is 1. The van der Waals surface area contributed by atoms with Crippen LogP contribution in [-0.2, 0) is 11.2 Å². The van der Waals surface area contributed by atoms with Gasteiger partial charge in [0.1, 0.15) is 5.82 Å². The number of halogens is 3. The molecule has 1 aromatic heterocycles. The van der Waals surface area contributed by atoms with E-state index in [0.717, 1.165) is 4.68 Å². The number of nitro benzene ring substituents is 1. The molecule has 0 saturated heterocycles. The lowest BCUT2D eigenvalue weighted by molar-refractivity contribution is -0.385. The predicted molar refractivity (Wildman–Crippen MR) is 150 cm³/mol. The van der Waals surface area contributed by atoms with E-state index in [-0.39, 0.29) is 16.3 Å². The summed E-state index contributed by atoms with van der Waals surface area (Å²) in [7, 11) is 0. The Labute approximate surface area is 234 Å². The highest BCUT2D eigenvalue weighted by atomic mass is 79.9. The number of hydrogen-bond acceptors (Lipinski definition) is 7. The number of rotatable bonds is 8. The second-order valence-corrected chi connectivity index (χ2v) is 9.62. The maximum atomic E-state index is 13.1. The van der Waals surface area contributed by atoms with Crippen LogP contribution in [0.2, 0.25) is 10.0 Å². The highest BCUT2D eigenvalue weighted by Crippen LogP contribution is 2.36. The average Bonchev–Trinajstić information content (AvgIpc) is 2.88. The Bertz CT molecular complexity index is 1640. The van der Waals surface area contributed by atoms with Crippen molar-refractivity contribution in [2.24, 2.45) is 5.10 Å². The van der Waals surface area contributed by atoms with Gasteiger partial charge >= 0.3 is 5.69 Å². The molecule has 0 aliphatic heterocycles. The monoisotopic (exact) mass is 617 g/mol. The molecule has 4 aromatic rings. The first kappa shape index (κ1) is 27.2. The van der Waals surface area contributed by atoms with Crippen LogP contribution in [0.5, 0.6) is 5.75 Å². The molecule has 13 heteroatoms. The highest BCUT2D eigenvalue weighted by Gasteiger charge is 2.21. The summed E-state index contributed by atoms with van der Waals surface area (Å²) in [5.41, 5.74) is 0.385. The van der Waals surface area contributed by atoms with Gasteiger partial charge in [0.25, 0.3) is 11.5 Å². The Morgan fingerprint density at radius 1 is 1.21 bits per heavy atom. The molecule has 38 heavy (non-hydrogen) atoms. The molecular weight excluding hydrogens is 601 g/mol. The molecular formula is C25H18BrCl2N5O5. The van der Waals surface area contributed by atoms with E-state index in [9.17, 15) is 19.7 Å². The van der Waals surface area contributed by atoms with Crippen molar-refractivity contribution in [2.75, 3.05) is 11.9 Å². The molecule has 0 fully saturated rings. The first-order valence-corrected chi connectivity index (χ1v) is 12.6. The summed E-state index contributed by atoms with van der Waals surface area (Å²) in [5.74, 6) is -0.415. The molecule has 3 aromatic carbocycles. The smallest absolute Gasteiger partial charge is 0.313 e. The summed E-state index contributed by atoms with van der Waals surface area (Å²) in [6, 6.07) is 14.1. The number of fused-ring (bicyclic) bond motifs is 1. The summed E-state index contributed by atoms with van der Waals surface area (Å²) in [6.45, 7) is 1.31. The van der Waals surface area contributed by atoms with E-state index >= 15 is 0 Å². The second kappa shape index (κ2) is 11.7. The fraction of sp³-hybridized carbons (Fsp3) is 0.120. The zero-order valence-corrected chi connectivity index (χ0v) is 22.7. The molecule has 0 spiro atoms. The molecule has 4 rings (SSSR count). The van der Waals surface area contributed by atoms with Gasteiger partial charge in [0.2, 0.25) is 5.75 Å². The molecule has 0 unspecified atom stereocenters. The topological polar surface area (TPSA) is 129 Å². The van der Waals surface area contributed by atoms with Crippen molar-refractivity contribution in [1.29, 1.82) is 0 Å². The minimum absolute atomic E-state index is 0.108. The number of benzene rings is 3. The Hall–Kier alpha value is -3.80. The molecule has 10 nitrogen and oxygen atoms in total. The van der Waals surface area contributed by atoms with Gasteiger partial charge in [-0.15, -0.1) is 0 Å². The standard InChI is InChI=1S/C25H18BrCl2N5O5/c1-2-22-31-20-8-3-15(26)11-18(20)25(35)32(22)29-12-14-9-19(28)24(21(10-14)33(36)37)38-13-23(34)30-17-6-4-16(27)5-7-17/h3-12H,2,13H2,1H3,(H,30,34). The summed E-state index contributed by atoms with van der Waals surface area (Å²) in [6.07, 6.45) is 1.69. The summed E-state index contributed by atoms with van der Waals surface area (Å²) in [5, 5.41) is 19.3. The van der Waals surface area contributed by atoms with Crippen LogP contribution in [0, 0.1) is 10.1 Å². The van der Waals surface area contributed by atoms with Gasteiger partial charge in [-0.25, -0.2) is 4.98 Å².